The third-order valence-electron chi connectivity index (χ3n) is 3.80. The van der Waals surface area contributed by atoms with Gasteiger partial charge in [-0.1, -0.05) is 42.2 Å². The van der Waals surface area contributed by atoms with E-state index in [-0.39, 0.29) is 10.8 Å². The van der Waals surface area contributed by atoms with Crippen LogP contribution in [0.5, 0.6) is 0 Å². The number of benzene rings is 2. The van der Waals surface area contributed by atoms with Crippen LogP contribution in [0.1, 0.15) is 11.1 Å². The summed E-state index contributed by atoms with van der Waals surface area (Å²) in [6.45, 7) is -0.278. The van der Waals surface area contributed by atoms with E-state index in [9.17, 15) is 13.2 Å². The van der Waals surface area contributed by atoms with Gasteiger partial charge in [-0.3, -0.25) is 4.79 Å². The fourth-order valence-corrected chi connectivity index (χ4v) is 4.72. The lowest BCUT2D eigenvalue weighted by molar-refractivity contribution is -0.116. The highest BCUT2D eigenvalue weighted by Crippen LogP contribution is 2.19. The molecule has 5 nitrogen and oxygen atoms in total. The molecule has 142 valence electrons. The Bertz CT molecular complexity index is 1110. The third kappa shape index (κ3) is 5.08. The number of carbonyl (C=O) groups is 1. The van der Waals surface area contributed by atoms with Gasteiger partial charge in [0.25, 0.3) is 10.0 Å². The zero-order chi connectivity index (χ0) is 20.0. The van der Waals surface area contributed by atoms with E-state index in [4.69, 9.17) is 0 Å². The van der Waals surface area contributed by atoms with E-state index < -0.39 is 15.9 Å². The van der Waals surface area contributed by atoms with Crippen molar-refractivity contribution in [1.82, 2.24) is 4.31 Å². The standard InChI is InChI=1S/C21H18N2O3S2/c1-23(28(25,26)21-11-6-14-27-21)16-20(24)22-19-10-5-9-18(15-19)13-12-17-7-3-2-4-8-17/h2-11,14-15H,16H2,1H3,(H,22,24). The summed E-state index contributed by atoms with van der Waals surface area (Å²) in [5.41, 5.74) is 2.21. The van der Waals surface area contributed by atoms with E-state index in [0.29, 0.717) is 5.69 Å². The summed E-state index contributed by atoms with van der Waals surface area (Å²) < 4.78 is 26.0. The molecule has 0 atom stereocenters. The fraction of sp³-hybridized carbons (Fsp3) is 0.0952. The van der Waals surface area contributed by atoms with Crippen LogP contribution in [0.4, 0.5) is 5.69 Å². The van der Waals surface area contributed by atoms with Gasteiger partial charge in [0.15, 0.2) is 0 Å². The van der Waals surface area contributed by atoms with Crippen molar-refractivity contribution < 1.29 is 13.2 Å². The number of anilines is 1. The van der Waals surface area contributed by atoms with Gasteiger partial charge in [-0.25, -0.2) is 8.42 Å². The van der Waals surface area contributed by atoms with Crippen molar-refractivity contribution in [1.29, 1.82) is 0 Å². The maximum absolute atomic E-state index is 12.4. The second-order valence-electron chi connectivity index (χ2n) is 5.94. The van der Waals surface area contributed by atoms with Gasteiger partial charge in [0.2, 0.25) is 5.91 Å². The van der Waals surface area contributed by atoms with Crippen LogP contribution in [0.3, 0.4) is 0 Å². The van der Waals surface area contributed by atoms with Crippen molar-refractivity contribution in [3.8, 4) is 11.8 Å². The molecule has 3 rings (SSSR count). The van der Waals surface area contributed by atoms with E-state index in [1.807, 2.05) is 36.4 Å². The van der Waals surface area contributed by atoms with Crippen molar-refractivity contribution in [2.75, 3.05) is 18.9 Å². The van der Waals surface area contributed by atoms with E-state index >= 15 is 0 Å². The highest BCUT2D eigenvalue weighted by atomic mass is 32.2. The summed E-state index contributed by atoms with van der Waals surface area (Å²) in [5.74, 6) is 5.69. The molecule has 1 N–H and O–H groups in total. The number of likely N-dealkylation sites (N-methyl/N-ethyl adjacent to an activating group) is 1. The topological polar surface area (TPSA) is 66.5 Å². The lowest BCUT2D eigenvalue weighted by Gasteiger charge is -2.15. The number of nitrogens with one attached hydrogen (secondary N) is 1. The summed E-state index contributed by atoms with van der Waals surface area (Å²) in [6, 6.07) is 19.9. The van der Waals surface area contributed by atoms with Gasteiger partial charge < -0.3 is 5.32 Å². The monoisotopic (exact) mass is 410 g/mol. The van der Waals surface area contributed by atoms with Crippen LogP contribution in [0, 0.1) is 11.8 Å². The number of carbonyl (C=O) groups excluding carboxylic acids is 1. The summed E-state index contributed by atoms with van der Waals surface area (Å²) in [5, 5.41) is 4.40. The molecule has 0 fully saturated rings. The average molecular weight is 411 g/mol. The first-order chi connectivity index (χ1) is 13.4. The van der Waals surface area contributed by atoms with Gasteiger partial charge in [-0.2, -0.15) is 4.31 Å². The minimum atomic E-state index is -3.66. The number of rotatable bonds is 5. The van der Waals surface area contributed by atoms with Crippen molar-refractivity contribution in [3.05, 3.63) is 83.2 Å². The van der Waals surface area contributed by atoms with Crippen LogP contribution in [0.15, 0.2) is 76.3 Å². The molecule has 0 saturated heterocycles. The van der Waals surface area contributed by atoms with Gasteiger partial charge in [0.05, 0.1) is 6.54 Å². The Morgan fingerprint density at radius 1 is 1.00 bits per heavy atom. The van der Waals surface area contributed by atoms with Crippen molar-refractivity contribution in [2.45, 2.75) is 4.21 Å². The summed E-state index contributed by atoms with van der Waals surface area (Å²) in [6.07, 6.45) is 0. The highest BCUT2D eigenvalue weighted by Gasteiger charge is 2.23. The molecule has 0 aliphatic heterocycles. The van der Waals surface area contributed by atoms with Crippen LogP contribution in [0.25, 0.3) is 0 Å². The minimum Gasteiger partial charge on any atom is -0.325 e. The lowest BCUT2D eigenvalue weighted by Crippen LogP contribution is -2.34. The van der Waals surface area contributed by atoms with Gasteiger partial charge in [-0.05, 0) is 41.8 Å². The maximum Gasteiger partial charge on any atom is 0.252 e. The van der Waals surface area contributed by atoms with E-state index in [1.54, 1.807) is 29.6 Å². The molecule has 1 amide bonds. The van der Waals surface area contributed by atoms with E-state index in [1.165, 1.54) is 13.1 Å². The van der Waals surface area contributed by atoms with Gasteiger partial charge in [0, 0.05) is 23.9 Å². The predicted molar refractivity (Wildman–Crippen MR) is 112 cm³/mol. The van der Waals surface area contributed by atoms with Crippen LogP contribution in [-0.4, -0.2) is 32.2 Å². The van der Waals surface area contributed by atoms with Crippen molar-refractivity contribution in [3.63, 3.8) is 0 Å². The Kier molecular flexibility index (Phi) is 6.26. The van der Waals surface area contributed by atoms with Crippen molar-refractivity contribution >= 4 is 33.0 Å². The summed E-state index contributed by atoms with van der Waals surface area (Å²) in [4.78, 5) is 12.3. The minimum absolute atomic E-state index is 0.209. The number of sulfonamides is 1. The summed E-state index contributed by atoms with van der Waals surface area (Å²) in [7, 11) is -2.28. The number of hydrogen-bond acceptors (Lipinski definition) is 4. The number of nitrogens with zero attached hydrogens (tertiary/aromatic N) is 1. The summed E-state index contributed by atoms with van der Waals surface area (Å²) >= 11 is 1.12. The molecule has 0 radical (unpaired) electrons. The smallest absolute Gasteiger partial charge is 0.252 e. The molecule has 0 aliphatic carbocycles. The Balaban J connectivity index is 1.65. The van der Waals surface area contributed by atoms with E-state index in [2.05, 4.69) is 17.2 Å². The number of hydrogen-bond donors (Lipinski definition) is 1. The molecule has 0 unspecified atom stereocenters. The second-order valence-corrected chi connectivity index (χ2v) is 9.16. The first-order valence-electron chi connectivity index (χ1n) is 8.42. The normalized spacial score (nSPS) is 10.9. The van der Waals surface area contributed by atoms with E-state index in [0.717, 1.165) is 26.8 Å². The largest absolute Gasteiger partial charge is 0.325 e. The molecule has 0 spiro atoms. The molecule has 0 aliphatic rings. The molecule has 2 aromatic carbocycles. The van der Waals surface area contributed by atoms with Gasteiger partial charge in [-0.15, -0.1) is 11.3 Å². The maximum atomic E-state index is 12.4. The molecule has 0 bridgehead atoms. The molecule has 1 aromatic heterocycles. The van der Waals surface area contributed by atoms with Crippen LogP contribution in [0.2, 0.25) is 0 Å². The second kappa shape index (κ2) is 8.85. The molecular weight excluding hydrogens is 392 g/mol. The highest BCUT2D eigenvalue weighted by molar-refractivity contribution is 7.91. The van der Waals surface area contributed by atoms with Crippen molar-refractivity contribution in [2.24, 2.45) is 0 Å². The zero-order valence-corrected chi connectivity index (χ0v) is 16.8. The van der Waals surface area contributed by atoms with Gasteiger partial charge >= 0.3 is 0 Å². The Morgan fingerprint density at radius 2 is 1.71 bits per heavy atom. The predicted octanol–water partition coefficient (Wildman–Crippen LogP) is 3.41. The average Bonchev–Trinajstić information content (AvgIpc) is 3.23. The van der Waals surface area contributed by atoms with Crippen LogP contribution < -0.4 is 5.32 Å². The molecule has 0 saturated carbocycles. The fourth-order valence-electron chi connectivity index (χ4n) is 2.39. The number of thiophene rings is 1. The van der Waals surface area contributed by atoms with Crippen LogP contribution in [-0.2, 0) is 14.8 Å². The lowest BCUT2D eigenvalue weighted by atomic mass is 10.1. The Hall–Kier alpha value is -2.92. The first-order valence-corrected chi connectivity index (χ1v) is 10.7. The zero-order valence-electron chi connectivity index (χ0n) is 15.1. The first kappa shape index (κ1) is 19.8. The SMILES string of the molecule is CN(CC(=O)Nc1cccc(C#Cc2ccccc2)c1)S(=O)(=O)c1cccs1. The molecule has 7 heteroatoms. The molecular formula is C21H18N2O3S2. The van der Waals surface area contributed by atoms with Crippen LogP contribution >= 0.6 is 11.3 Å². The quantitative estimate of drug-likeness (QED) is 0.656. The Morgan fingerprint density at radius 3 is 2.43 bits per heavy atom. The molecule has 1 heterocycles. The Labute approximate surface area is 168 Å². The molecule has 3 aromatic rings. The number of amides is 1. The third-order valence-corrected chi connectivity index (χ3v) is 6.97. The van der Waals surface area contributed by atoms with Gasteiger partial charge in [0.1, 0.15) is 4.21 Å². The molecule has 28 heavy (non-hydrogen) atoms.